The van der Waals surface area contributed by atoms with Gasteiger partial charge in [0.25, 0.3) is 0 Å². The van der Waals surface area contributed by atoms with Crippen molar-refractivity contribution in [2.45, 2.75) is 58.3 Å². The first-order chi connectivity index (χ1) is 9.86. The second kappa shape index (κ2) is 7.91. The number of benzene rings is 1. The van der Waals surface area contributed by atoms with Crippen molar-refractivity contribution in [2.24, 2.45) is 0 Å². The van der Waals surface area contributed by atoms with Crippen LogP contribution in [0, 0.1) is 0 Å². The molecule has 0 heterocycles. The third kappa shape index (κ3) is 5.66. The number of carbonyl (C=O) groups is 1. The number of phenols is 2. The van der Waals surface area contributed by atoms with Crippen molar-refractivity contribution >= 4 is 5.97 Å². The summed E-state index contributed by atoms with van der Waals surface area (Å²) in [6, 6.07) is 4.53. The highest BCUT2D eigenvalue weighted by molar-refractivity contribution is 5.69. The van der Waals surface area contributed by atoms with Gasteiger partial charge in [0.15, 0.2) is 0 Å². The molecule has 2 N–H and O–H groups in total. The van der Waals surface area contributed by atoms with Crippen LogP contribution in [0.25, 0.3) is 0 Å². The van der Waals surface area contributed by atoms with Gasteiger partial charge >= 0.3 is 5.97 Å². The highest BCUT2D eigenvalue weighted by Gasteiger charge is 2.24. The van der Waals surface area contributed by atoms with Crippen molar-refractivity contribution in [3.8, 4) is 11.5 Å². The summed E-state index contributed by atoms with van der Waals surface area (Å²) in [6.07, 6.45) is 3.71. The molecule has 0 aromatic heterocycles. The predicted octanol–water partition coefficient (Wildman–Crippen LogP) is 3.89. The Kier molecular flexibility index (Phi) is 6.53. The number of ether oxygens (including phenoxy) is 1. The van der Waals surface area contributed by atoms with E-state index < -0.39 is 0 Å². The second-order valence-electron chi connectivity index (χ2n) is 6.01. The van der Waals surface area contributed by atoms with Crippen LogP contribution in [0.15, 0.2) is 18.2 Å². The monoisotopic (exact) mass is 294 g/mol. The molecule has 0 unspecified atom stereocenters. The number of hydrogen-bond acceptors (Lipinski definition) is 4. The minimum absolute atomic E-state index is 0.134. The van der Waals surface area contributed by atoms with Crippen LogP contribution in [0.2, 0.25) is 0 Å². The molecule has 0 saturated carbocycles. The molecule has 1 aromatic rings. The van der Waals surface area contributed by atoms with Crippen molar-refractivity contribution < 1.29 is 19.7 Å². The first-order valence-corrected chi connectivity index (χ1v) is 7.55. The summed E-state index contributed by atoms with van der Waals surface area (Å²) < 4.78 is 5.12. The zero-order valence-electron chi connectivity index (χ0n) is 13.2. The lowest BCUT2D eigenvalue weighted by Gasteiger charge is -2.26. The molecule has 0 radical (unpaired) electrons. The van der Waals surface area contributed by atoms with Crippen LogP contribution < -0.4 is 0 Å². The van der Waals surface area contributed by atoms with E-state index >= 15 is 0 Å². The van der Waals surface area contributed by atoms with Crippen molar-refractivity contribution in [3.05, 3.63) is 23.8 Å². The molecular formula is C17H26O4. The lowest BCUT2D eigenvalue weighted by atomic mass is 9.79. The molecule has 0 atom stereocenters. The maximum atomic E-state index is 11.5. The van der Waals surface area contributed by atoms with Gasteiger partial charge in [-0.1, -0.05) is 27.2 Å². The van der Waals surface area contributed by atoms with Crippen molar-refractivity contribution in [1.29, 1.82) is 0 Å². The maximum Gasteiger partial charge on any atom is 0.305 e. The Morgan fingerprint density at radius 2 is 1.95 bits per heavy atom. The van der Waals surface area contributed by atoms with Crippen LogP contribution in [0.3, 0.4) is 0 Å². The summed E-state index contributed by atoms with van der Waals surface area (Å²) in [5, 5.41) is 19.5. The van der Waals surface area contributed by atoms with Gasteiger partial charge in [-0.3, -0.25) is 4.79 Å². The number of aromatic hydroxyl groups is 2. The molecule has 0 spiro atoms. The average molecular weight is 294 g/mol. The van der Waals surface area contributed by atoms with Gasteiger partial charge in [0.2, 0.25) is 0 Å². The third-order valence-corrected chi connectivity index (χ3v) is 3.65. The van der Waals surface area contributed by atoms with E-state index in [0.29, 0.717) is 25.0 Å². The number of esters is 1. The van der Waals surface area contributed by atoms with Gasteiger partial charge in [0.05, 0.1) is 6.61 Å². The quantitative estimate of drug-likeness (QED) is 0.433. The second-order valence-corrected chi connectivity index (χ2v) is 6.01. The molecule has 1 aromatic carbocycles. The lowest BCUT2D eigenvalue weighted by molar-refractivity contribution is -0.143. The van der Waals surface area contributed by atoms with Crippen LogP contribution in [0.5, 0.6) is 11.5 Å². The van der Waals surface area contributed by atoms with Gasteiger partial charge < -0.3 is 14.9 Å². The van der Waals surface area contributed by atoms with E-state index in [1.807, 2.05) is 13.8 Å². The summed E-state index contributed by atoms with van der Waals surface area (Å²) >= 11 is 0. The highest BCUT2D eigenvalue weighted by atomic mass is 16.5. The Bertz CT molecular complexity index is 466. The molecule has 4 heteroatoms. The maximum absolute atomic E-state index is 11.5. The Balaban J connectivity index is 2.49. The third-order valence-electron chi connectivity index (χ3n) is 3.65. The summed E-state index contributed by atoms with van der Waals surface area (Å²) in [5.41, 5.74) is 0.383. The van der Waals surface area contributed by atoms with E-state index in [0.717, 1.165) is 19.3 Å². The summed E-state index contributed by atoms with van der Waals surface area (Å²) in [6.45, 7) is 6.53. The molecule has 0 aliphatic rings. The fourth-order valence-electron chi connectivity index (χ4n) is 2.28. The lowest BCUT2D eigenvalue weighted by Crippen LogP contribution is -2.18. The summed E-state index contributed by atoms with van der Waals surface area (Å²) in [4.78, 5) is 11.5. The normalized spacial score (nSPS) is 11.4. The van der Waals surface area contributed by atoms with Gasteiger partial charge in [-0.15, -0.1) is 0 Å². The van der Waals surface area contributed by atoms with Crippen LogP contribution in [-0.4, -0.2) is 22.8 Å². The molecule has 0 aliphatic heterocycles. The number of hydrogen-bond donors (Lipinski definition) is 2. The number of rotatable bonds is 8. The smallest absolute Gasteiger partial charge is 0.305 e. The van der Waals surface area contributed by atoms with Crippen molar-refractivity contribution in [3.63, 3.8) is 0 Å². The zero-order chi connectivity index (χ0) is 15.9. The SMILES string of the molecule is CCCCOC(=O)CCCC(C)(C)c1cc(O)ccc1O. The highest BCUT2D eigenvalue weighted by Crippen LogP contribution is 2.36. The Morgan fingerprint density at radius 1 is 1.24 bits per heavy atom. The molecule has 0 fully saturated rings. The molecule has 0 amide bonds. The van der Waals surface area contributed by atoms with E-state index in [1.165, 1.54) is 12.1 Å². The standard InChI is InChI=1S/C17H26O4/c1-4-5-11-21-16(20)7-6-10-17(2,3)14-12-13(18)8-9-15(14)19/h8-9,12,18-19H,4-7,10-11H2,1-3H3. The Morgan fingerprint density at radius 3 is 2.62 bits per heavy atom. The Hall–Kier alpha value is -1.71. The van der Waals surface area contributed by atoms with Crippen LogP contribution in [0.4, 0.5) is 0 Å². The average Bonchev–Trinajstić information content (AvgIpc) is 2.41. The number of phenolic OH excluding ortho intramolecular Hbond substituents is 2. The van der Waals surface area contributed by atoms with Crippen molar-refractivity contribution in [2.75, 3.05) is 6.61 Å². The van der Waals surface area contributed by atoms with Gasteiger partial charge in [0.1, 0.15) is 11.5 Å². The first-order valence-electron chi connectivity index (χ1n) is 7.55. The fraction of sp³-hybridized carbons (Fsp3) is 0.588. The van der Waals surface area contributed by atoms with Gasteiger partial charge in [0, 0.05) is 12.0 Å². The topological polar surface area (TPSA) is 66.8 Å². The molecule has 4 nitrogen and oxygen atoms in total. The molecule has 0 aliphatic carbocycles. The van der Waals surface area contributed by atoms with Crippen LogP contribution in [-0.2, 0) is 14.9 Å². The molecule has 0 bridgehead atoms. The van der Waals surface area contributed by atoms with Crippen molar-refractivity contribution in [1.82, 2.24) is 0 Å². The molecule has 0 saturated heterocycles. The molecule has 21 heavy (non-hydrogen) atoms. The van der Waals surface area contributed by atoms with Crippen LogP contribution >= 0.6 is 0 Å². The molecule has 1 rings (SSSR count). The summed E-state index contributed by atoms with van der Waals surface area (Å²) in [5.74, 6) is 0.137. The van der Waals surface area contributed by atoms with Crippen LogP contribution in [0.1, 0.15) is 58.4 Å². The number of carbonyl (C=O) groups excluding carboxylic acids is 1. The minimum Gasteiger partial charge on any atom is -0.508 e. The van der Waals surface area contributed by atoms with E-state index in [1.54, 1.807) is 6.07 Å². The number of unbranched alkanes of at least 4 members (excludes halogenated alkanes) is 1. The van der Waals surface area contributed by atoms with E-state index in [9.17, 15) is 15.0 Å². The van der Waals surface area contributed by atoms with Gasteiger partial charge in [-0.05, 0) is 42.9 Å². The van der Waals surface area contributed by atoms with Gasteiger partial charge in [-0.2, -0.15) is 0 Å². The zero-order valence-corrected chi connectivity index (χ0v) is 13.2. The minimum atomic E-state index is -0.313. The van der Waals surface area contributed by atoms with E-state index in [2.05, 4.69) is 6.92 Å². The summed E-state index contributed by atoms with van der Waals surface area (Å²) in [7, 11) is 0. The fourth-order valence-corrected chi connectivity index (χ4v) is 2.28. The first kappa shape index (κ1) is 17.3. The predicted molar refractivity (Wildman–Crippen MR) is 82.5 cm³/mol. The molecular weight excluding hydrogens is 268 g/mol. The van der Waals surface area contributed by atoms with E-state index in [-0.39, 0.29) is 22.9 Å². The van der Waals surface area contributed by atoms with E-state index in [4.69, 9.17) is 4.74 Å². The largest absolute Gasteiger partial charge is 0.508 e. The molecule has 118 valence electrons. The van der Waals surface area contributed by atoms with Gasteiger partial charge in [-0.25, -0.2) is 0 Å². The Labute approximate surface area is 126 Å².